The van der Waals surface area contributed by atoms with Crippen molar-refractivity contribution in [2.24, 2.45) is 11.3 Å². The third-order valence-electron chi connectivity index (χ3n) is 3.81. The monoisotopic (exact) mass is 299 g/mol. The number of hydrogen-bond donors (Lipinski definition) is 2. The Morgan fingerprint density at radius 3 is 2.19 bits per heavy atom. The number of nitrogens with zero attached hydrogens (tertiary/aromatic N) is 2. The van der Waals surface area contributed by atoms with Gasteiger partial charge in [-0.05, 0) is 18.4 Å². The van der Waals surface area contributed by atoms with Gasteiger partial charge in [-0.1, -0.05) is 27.7 Å². The predicted octanol–water partition coefficient (Wildman–Crippen LogP) is 1.47. The zero-order chi connectivity index (χ0) is 16.0. The van der Waals surface area contributed by atoms with Crippen LogP contribution in [-0.4, -0.2) is 66.2 Å². The van der Waals surface area contributed by atoms with Crippen molar-refractivity contribution in [3.8, 4) is 0 Å². The largest absolute Gasteiger partial charge is 0.481 e. The Hall–Kier alpha value is -1.30. The summed E-state index contributed by atoms with van der Waals surface area (Å²) in [6.45, 7) is 12.5. The van der Waals surface area contributed by atoms with E-state index in [4.69, 9.17) is 0 Å². The molecule has 1 fully saturated rings. The summed E-state index contributed by atoms with van der Waals surface area (Å²) in [4.78, 5) is 27.4. The van der Waals surface area contributed by atoms with Gasteiger partial charge in [-0.25, -0.2) is 4.79 Å². The summed E-state index contributed by atoms with van der Waals surface area (Å²) in [6.07, 6.45) is 0.548. The van der Waals surface area contributed by atoms with Crippen LogP contribution in [0.4, 0.5) is 4.79 Å². The van der Waals surface area contributed by atoms with Gasteiger partial charge < -0.3 is 20.2 Å². The van der Waals surface area contributed by atoms with Crippen molar-refractivity contribution in [1.82, 2.24) is 15.1 Å². The topological polar surface area (TPSA) is 72.9 Å². The highest BCUT2D eigenvalue weighted by atomic mass is 16.4. The number of carbonyl (C=O) groups excluding carboxylic acids is 1. The molecule has 0 aromatic heterocycles. The molecule has 0 aromatic carbocycles. The van der Waals surface area contributed by atoms with Crippen molar-refractivity contribution in [2.45, 2.75) is 34.1 Å². The molecule has 2 N–H and O–H groups in total. The van der Waals surface area contributed by atoms with E-state index in [9.17, 15) is 14.7 Å². The zero-order valence-electron chi connectivity index (χ0n) is 13.7. The second kappa shape index (κ2) is 7.64. The van der Waals surface area contributed by atoms with E-state index in [2.05, 4.69) is 17.1 Å². The van der Waals surface area contributed by atoms with E-state index in [1.54, 1.807) is 4.90 Å². The summed E-state index contributed by atoms with van der Waals surface area (Å²) >= 11 is 0. The summed E-state index contributed by atoms with van der Waals surface area (Å²) in [7, 11) is 0. The minimum atomic E-state index is -0.846. The molecular weight excluding hydrogens is 270 g/mol. The van der Waals surface area contributed by atoms with E-state index in [1.165, 1.54) is 0 Å². The van der Waals surface area contributed by atoms with Crippen LogP contribution >= 0.6 is 0 Å². The molecule has 1 rings (SSSR count). The van der Waals surface area contributed by atoms with E-state index in [0.29, 0.717) is 19.5 Å². The number of rotatable bonds is 5. The van der Waals surface area contributed by atoms with Crippen LogP contribution in [0, 0.1) is 11.3 Å². The number of nitrogens with one attached hydrogen (secondary N) is 1. The maximum atomic E-state index is 12.1. The molecule has 0 saturated carbocycles. The lowest BCUT2D eigenvalue weighted by Crippen LogP contribution is -2.52. The number of urea groups is 1. The van der Waals surface area contributed by atoms with Crippen LogP contribution < -0.4 is 5.32 Å². The SMILES string of the molecule is CCN1CCN(C(=O)NCC(CC(C)(C)C)C(=O)O)CC1. The van der Waals surface area contributed by atoms with Crippen LogP contribution in [0.2, 0.25) is 0 Å². The van der Waals surface area contributed by atoms with Gasteiger partial charge in [-0.15, -0.1) is 0 Å². The van der Waals surface area contributed by atoms with Gasteiger partial charge in [-0.2, -0.15) is 0 Å². The first kappa shape index (κ1) is 17.8. The molecule has 1 heterocycles. The lowest BCUT2D eigenvalue weighted by atomic mass is 9.84. The van der Waals surface area contributed by atoms with Gasteiger partial charge in [0.25, 0.3) is 0 Å². The molecule has 6 nitrogen and oxygen atoms in total. The molecule has 2 amide bonds. The van der Waals surface area contributed by atoms with Gasteiger partial charge in [0.1, 0.15) is 0 Å². The average Bonchev–Trinajstić information content (AvgIpc) is 2.41. The highest BCUT2D eigenvalue weighted by molar-refractivity contribution is 5.76. The van der Waals surface area contributed by atoms with E-state index in [1.807, 2.05) is 20.8 Å². The molecule has 0 radical (unpaired) electrons. The van der Waals surface area contributed by atoms with E-state index < -0.39 is 11.9 Å². The predicted molar refractivity (Wildman–Crippen MR) is 82.3 cm³/mol. The standard InChI is InChI=1S/C15H29N3O3/c1-5-17-6-8-18(9-7-17)14(21)16-11-12(13(19)20)10-15(2,3)4/h12H,5-11H2,1-4H3,(H,16,21)(H,19,20). The van der Waals surface area contributed by atoms with E-state index >= 15 is 0 Å². The molecule has 0 bridgehead atoms. The van der Waals surface area contributed by atoms with Crippen LogP contribution in [0.15, 0.2) is 0 Å². The second-order valence-corrected chi connectivity index (χ2v) is 6.91. The molecule has 1 saturated heterocycles. The van der Waals surface area contributed by atoms with Crippen molar-refractivity contribution in [1.29, 1.82) is 0 Å². The second-order valence-electron chi connectivity index (χ2n) is 6.91. The molecule has 0 spiro atoms. The number of likely N-dealkylation sites (N-methyl/N-ethyl adjacent to an activating group) is 1. The molecular formula is C15H29N3O3. The third-order valence-corrected chi connectivity index (χ3v) is 3.81. The van der Waals surface area contributed by atoms with Gasteiger partial charge >= 0.3 is 12.0 Å². The summed E-state index contributed by atoms with van der Waals surface area (Å²) in [5, 5.41) is 12.0. The zero-order valence-corrected chi connectivity index (χ0v) is 13.7. The van der Waals surface area contributed by atoms with Crippen molar-refractivity contribution >= 4 is 12.0 Å². The number of aliphatic carboxylic acids is 1. The third kappa shape index (κ3) is 6.33. The first-order valence-electron chi connectivity index (χ1n) is 7.71. The Bertz CT molecular complexity index is 358. The molecule has 0 aliphatic carbocycles. The number of carbonyl (C=O) groups is 2. The van der Waals surface area contributed by atoms with Crippen LogP contribution in [0.1, 0.15) is 34.1 Å². The van der Waals surface area contributed by atoms with Crippen LogP contribution in [0.3, 0.4) is 0 Å². The first-order valence-corrected chi connectivity index (χ1v) is 7.71. The molecule has 21 heavy (non-hydrogen) atoms. The van der Waals surface area contributed by atoms with Crippen molar-refractivity contribution in [3.63, 3.8) is 0 Å². The normalized spacial score (nSPS) is 18.4. The highest BCUT2D eigenvalue weighted by Gasteiger charge is 2.26. The Labute approximate surface area is 127 Å². The molecule has 1 aliphatic heterocycles. The number of amides is 2. The van der Waals surface area contributed by atoms with Gasteiger partial charge in [0.15, 0.2) is 0 Å². The van der Waals surface area contributed by atoms with Gasteiger partial charge in [-0.3, -0.25) is 4.79 Å². The van der Waals surface area contributed by atoms with E-state index in [-0.39, 0.29) is 18.0 Å². The Balaban J connectivity index is 2.42. The van der Waals surface area contributed by atoms with Crippen LogP contribution in [0.25, 0.3) is 0 Å². The summed E-state index contributed by atoms with van der Waals surface area (Å²) in [5.41, 5.74) is -0.0689. The van der Waals surface area contributed by atoms with Crippen LogP contribution in [-0.2, 0) is 4.79 Å². The van der Waals surface area contributed by atoms with E-state index in [0.717, 1.165) is 19.6 Å². The number of piperazine rings is 1. The first-order chi connectivity index (χ1) is 9.73. The molecule has 6 heteroatoms. The molecule has 1 atom stereocenters. The smallest absolute Gasteiger partial charge is 0.317 e. The maximum absolute atomic E-state index is 12.1. The van der Waals surface area contributed by atoms with Gasteiger partial charge in [0.2, 0.25) is 0 Å². The van der Waals surface area contributed by atoms with Crippen molar-refractivity contribution in [3.05, 3.63) is 0 Å². The summed E-state index contributed by atoms with van der Waals surface area (Å²) < 4.78 is 0. The van der Waals surface area contributed by atoms with Gasteiger partial charge in [0, 0.05) is 32.7 Å². The lowest BCUT2D eigenvalue weighted by molar-refractivity contribution is -0.142. The Kier molecular flexibility index (Phi) is 6.45. The number of carboxylic acid groups (broad SMARTS) is 1. The van der Waals surface area contributed by atoms with Crippen LogP contribution in [0.5, 0.6) is 0 Å². The Morgan fingerprint density at radius 1 is 1.19 bits per heavy atom. The summed E-state index contributed by atoms with van der Waals surface area (Å²) in [5.74, 6) is -1.38. The molecule has 0 aromatic rings. The quantitative estimate of drug-likeness (QED) is 0.806. The fourth-order valence-corrected chi connectivity index (χ4v) is 2.58. The average molecular weight is 299 g/mol. The molecule has 1 aliphatic rings. The minimum Gasteiger partial charge on any atom is -0.481 e. The summed E-state index contributed by atoms with van der Waals surface area (Å²) in [6, 6.07) is -0.147. The number of hydrogen-bond acceptors (Lipinski definition) is 3. The number of carboxylic acids is 1. The van der Waals surface area contributed by atoms with Crippen molar-refractivity contribution in [2.75, 3.05) is 39.3 Å². The maximum Gasteiger partial charge on any atom is 0.317 e. The minimum absolute atomic E-state index is 0.0689. The lowest BCUT2D eigenvalue weighted by Gasteiger charge is -2.34. The van der Waals surface area contributed by atoms with Crippen molar-refractivity contribution < 1.29 is 14.7 Å². The fraction of sp³-hybridized carbons (Fsp3) is 0.867. The molecule has 122 valence electrons. The fourth-order valence-electron chi connectivity index (χ4n) is 2.58. The Morgan fingerprint density at radius 2 is 1.76 bits per heavy atom. The highest BCUT2D eigenvalue weighted by Crippen LogP contribution is 2.24. The van der Waals surface area contributed by atoms with Gasteiger partial charge in [0.05, 0.1) is 5.92 Å². The molecule has 1 unspecified atom stereocenters.